The highest BCUT2D eigenvalue weighted by Gasteiger charge is 2.34. The normalized spacial score (nSPS) is 19.0. The van der Waals surface area contributed by atoms with E-state index in [-0.39, 0.29) is 18.6 Å². The molecule has 0 bridgehead atoms. The third kappa shape index (κ3) is 4.67. The molecule has 2 rings (SSSR count). The summed E-state index contributed by atoms with van der Waals surface area (Å²) in [5.41, 5.74) is 0.00457. The first-order valence-corrected chi connectivity index (χ1v) is 6.79. The molecule has 0 radical (unpaired) electrons. The van der Waals surface area contributed by atoms with E-state index in [0.717, 1.165) is 12.1 Å². The molecule has 1 saturated heterocycles. The van der Waals surface area contributed by atoms with Crippen molar-refractivity contribution in [2.24, 2.45) is 0 Å². The molecular formula is C15H19F2NO3. The number of carbonyl (C=O) groups excluding carboxylic acids is 1. The van der Waals surface area contributed by atoms with Crippen LogP contribution in [-0.4, -0.2) is 30.9 Å². The molecule has 1 aromatic carbocycles. The Hall–Kier alpha value is -1.69. The van der Waals surface area contributed by atoms with Gasteiger partial charge in [-0.1, -0.05) is 6.07 Å². The Balaban J connectivity index is 2.00. The van der Waals surface area contributed by atoms with Crippen LogP contribution in [0.2, 0.25) is 0 Å². The molecule has 1 heterocycles. The second-order valence-electron chi connectivity index (χ2n) is 6.03. The molecular weight excluding hydrogens is 280 g/mol. The highest BCUT2D eigenvalue weighted by atomic mass is 19.2. The second-order valence-corrected chi connectivity index (χ2v) is 6.03. The number of nitrogens with one attached hydrogen (secondary N) is 1. The molecule has 0 saturated carbocycles. The fourth-order valence-corrected chi connectivity index (χ4v) is 2.00. The van der Waals surface area contributed by atoms with E-state index in [1.807, 2.05) is 0 Å². The summed E-state index contributed by atoms with van der Waals surface area (Å²) in [7, 11) is 0. The van der Waals surface area contributed by atoms with E-state index in [4.69, 9.17) is 9.47 Å². The van der Waals surface area contributed by atoms with Gasteiger partial charge in [0.05, 0.1) is 12.7 Å². The van der Waals surface area contributed by atoms with Gasteiger partial charge in [0.15, 0.2) is 11.6 Å². The Bertz CT molecular complexity index is 524. The lowest BCUT2D eigenvalue weighted by Crippen LogP contribution is -2.35. The molecule has 2 unspecified atom stereocenters. The Labute approximate surface area is 122 Å². The van der Waals surface area contributed by atoms with Gasteiger partial charge < -0.3 is 14.8 Å². The predicted molar refractivity (Wildman–Crippen MR) is 73.1 cm³/mol. The molecule has 1 fully saturated rings. The van der Waals surface area contributed by atoms with E-state index in [1.165, 1.54) is 6.07 Å². The summed E-state index contributed by atoms with van der Waals surface area (Å²) in [4.78, 5) is 11.7. The van der Waals surface area contributed by atoms with Crippen LogP contribution in [0.25, 0.3) is 0 Å². The van der Waals surface area contributed by atoms with Gasteiger partial charge in [-0.2, -0.15) is 0 Å². The van der Waals surface area contributed by atoms with Gasteiger partial charge in [0.1, 0.15) is 5.60 Å². The number of hydrogen-bond donors (Lipinski definition) is 1. The molecule has 0 aromatic heterocycles. The van der Waals surface area contributed by atoms with Crippen LogP contribution in [0.3, 0.4) is 0 Å². The minimum atomic E-state index is -0.907. The van der Waals surface area contributed by atoms with E-state index in [0.29, 0.717) is 12.2 Å². The third-order valence-corrected chi connectivity index (χ3v) is 3.04. The van der Waals surface area contributed by atoms with E-state index >= 15 is 0 Å². The summed E-state index contributed by atoms with van der Waals surface area (Å²) < 4.78 is 36.7. The van der Waals surface area contributed by atoms with E-state index in [9.17, 15) is 13.6 Å². The molecule has 1 aromatic rings. The SMILES string of the molecule is CC(C)(C)OC(=O)NCC(c1ccc(F)c(F)c1)C1CO1. The fraction of sp³-hybridized carbons (Fsp3) is 0.533. The first-order valence-electron chi connectivity index (χ1n) is 6.79. The van der Waals surface area contributed by atoms with Crippen LogP contribution in [0.5, 0.6) is 0 Å². The maximum atomic E-state index is 13.3. The van der Waals surface area contributed by atoms with Crippen LogP contribution in [0, 0.1) is 11.6 Å². The summed E-state index contributed by atoms with van der Waals surface area (Å²) in [5.74, 6) is -2.03. The molecule has 0 spiro atoms. The van der Waals surface area contributed by atoms with Gasteiger partial charge >= 0.3 is 6.09 Å². The Morgan fingerprint density at radius 3 is 2.62 bits per heavy atom. The lowest BCUT2D eigenvalue weighted by molar-refractivity contribution is 0.0523. The average Bonchev–Trinajstić information content (AvgIpc) is 3.16. The van der Waals surface area contributed by atoms with Crippen molar-refractivity contribution in [1.82, 2.24) is 5.32 Å². The maximum Gasteiger partial charge on any atom is 0.407 e. The van der Waals surface area contributed by atoms with Crippen LogP contribution >= 0.6 is 0 Å². The van der Waals surface area contributed by atoms with Crippen LogP contribution in [0.15, 0.2) is 18.2 Å². The summed E-state index contributed by atoms with van der Waals surface area (Å²) >= 11 is 0. The van der Waals surface area contributed by atoms with Crippen molar-refractivity contribution < 1.29 is 23.0 Å². The Morgan fingerprint density at radius 2 is 2.10 bits per heavy atom. The highest BCUT2D eigenvalue weighted by Crippen LogP contribution is 2.30. The zero-order valence-corrected chi connectivity index (χ0v) is 12.3. The second kappa shape index (κ2) is 5.97. The summed E-state index contributed by atoms with van der Waals surface area (Å²) in [6.07, 6.45) is -0.638. The van der Waals surface area contributed by atoms with Gasteiger partial charge in [-0.3, -0.25) is 0 Å². The molecule has 4 nitrogen and oxygen atoms in total. The largest absolute Gasteiger partial charge is 0.444 e. The van der Waals surface area contributed by atoms with Crippen LogP contribution in [-0.2, 0) is 9.47 Å². The lowest BCUT2D eigenvalue weighted by atomic mass is 9.96. The number of epoxide rings is 1. The highest BCUT2D eigenvalue weighted by molar-refractivity contribution is 5.67. The number of benzene rings is 1. The molecule has 2 atom stereocenters. The van der Waals surface area contributed by atoms with Gasteiger partial charge in [-0.25, -0.2) is 13.6 Å². The molecule has 6 heteroatoms. The van der Waals surface area contributed by atoms with E-state index in [1.54, 1.807) is 20.8 Å². The summed E-state index contributed by atoms with van der Waals surface area (Å²) in [5, 5.41) is 2.64. The van der Waals surface area contributed by atoms with E-state index in [2.05, 4.69) is 5.32 Å². The molecule has 1 N–H and O–H groups in total. The number of carbonyl (C=O) groups is 1. The molecule has 116 valence electrons. The quantitative estimate of drug-likeness (QED) is 0.870. The molecule has 0 aliphatic carbocycles. The van der Waals surface area contributed by atoms with Crippen molar-refractivity contribution in [2.75, 3.05) is 13.2 Å². The zero-order valence-electron chi connectivity index (χ0n) is 12.3. The Morgan fingerprint density at radius 1 is 1.43 bits per heavy atom. The summed E-state index contributed by atoms with van der Waals surface area (Å²) in [6.45, 7) is 6.08. The maximum absolute atomic E-state index is 13.3. The number of ether oxygens (including phenoxy) is 2. The number of alkyl carbamates (subject to hydrolysis) is 1. The topological polar surface area (TPSA) is 50.9 Å². The van der Waals surface area contributed by atoms with Crippen LogP contribution in [0.4, 0.5) is 13.6 Å². The first kappa shape index (κ1) is 15.7. The minimum absolute atomic E-state index is 0.0928. The first-order chi connectivity index (χ1) is 9.76. The minimum Gasteiger partial charge on any atom is -0.444 e. The van der Waals surface area contributed by atoms with Crippen molar-refractivity contribution in [3.63, 3.8) is 0 Å². The van der Waals surface area contributed by atoms with Crippen molar-refractivity contribution in [1.29, 1.82) is 0 Å². The number of rotatable bonds is 4. The number of hydrogen-bond acceptors (Lipinski definition) is 3. The number of halogens is 2. The Kier molecular flexibility index (Phi) is 4.46. The smallest absolute Gasteiger partial charge is 0.407 e. The van der Waals surface area contributed by atoms with Crippen molar-refractivity contribution in [3.8, 4) is 0 Å². The van der Waals surface area contributed by atoms with Gasteiger partial charge in [0.25, 0.3) is 0 Å². The average molecular weight is 299 g/mol. The molecule has 1 aliphatic rings. The van der Waals surface area contributed by atoms with Crippen molar-refractivity contribution in [2.45, 2.75) is 38.4 Å². The summed E-state index contributed by atoms with van der Waals surface area (Å²) in [6, 6.07) is 3.72. The standard InChI is InChI=1S/C15H19F2NO3/c1-15(2,3)21-14(19)18-7-10(13-8-20-13)9-4-5-11(16)12(17)6-9/h4-6,10,13H,7-8H2,1-3H3,(H,18,19). The zero-order chi connectivity index (χ0) is 15.6. The van der Waals surface area contributed by atoms with Gasteiger partial charge in [-0.15, -0.1) is 0 Å². The van der Waals surface area contributed by atoms with Crippen molar-refractivity contribution in [3.05, 3.63) is 35.4 Å². The predicted octanol–water partition coefficient (Wildman–Crippen LogP) is 2.97. The molecule has 1 amide bonds. The van der Waals surface area contributed by atoms with Gasteiger partial charge in [-0.05, 0) is 38.5 Å². The number of amides is 1. The van der Waals surface area contributed by atoms with Crippen LogP contribution < -0.4 is 5.32 Å². The van der Waals surface area contributed by atoms with Crippen molar-refractivity contribution >= 4 is 6.09 Å². The molecule has 1 aliphatic heterocycles. The van der Waals surface area contributed by atoms with Gasteiger partial charge in [0.2, 0.25) is 0 Å². The lowest BCUT2D eigenvalue weighted by Gasteiger charge is -2.21. The fourth-order valence-electron chi connectivity index (χ4n) is 2.00. The third-order valence-electron chi connectivity index (χ3n) is 3.04. The van der Waals surface area contributed by atoms with Gasteiger partial charge in [0, 0.05) is 12.5 Å². The monoisotopic (exact) mass is 299 g/mol. The van der Waals surface area contributed by atoms with Crippen LogP contribution in [0.1, 0.15) is 32.3 Å². The van der Waals surface area contributed by atoms with E-state index < -0.39 is 23.3 Å². The molecule has 21 heavy (non-hydrogen) atoms.